The van der Waals surface area contributed by atoms with E-state index in [0.717, 1.165) is 12.1 Å². The van der Waals surface area contributed by atoms with Crippen molar-refractivity contribution in [1.29, 1.82) is 0 Å². The first-order valence-corrected chi connectivity index (χ1v) is 7.41. The highest BCUT2D eigenvalue weighted by Crippen LogP contribution is 2.22. The van der Waals surface area contributed by atoms with E-state index in [9.17, 15) is 17.9 Å². The van der Waals surface area contributed by atoms with Crippen LogP contribution in [0.15, 0.2) is 35.7 Å². The minimum Gasteiger partial charge on any atom is -0.392 e. The molecule has 0 radical (unpaired) electrons. The van der Waals surface area contributed by atoms with E-state index in [1.165, 1.54) is 16.4 Å². The molecule has 6 heteroatoms. The van der Waals surface area contributed by atoms with Crippen molar-refractivity contribution in [2.75, 3.05) is 13.1 Å². The summed E-state index contributed by atoms with van der Waals surface area (Å²) in [5.74, 6) is -0.647. The average Bonchev–Trinajstić information content (AvgIpc) is 2.38. The summed E-state index contributed by atoms with van der Waals surface area (Å²) >= 11 is 0. The molecule has 106 valence electrons. The number of hydrogen-bond acceptors (Lipinski definition) is 3. The zero-order valence-corrected chi connectivity index (χ0v) is 11.7. The number of halogens is 1. The molecule has 0 bridgehead atoms. The fourth-order valence-corrected chi connectivity index (χ4v) is 3.47. The summed E-state index contributed by atoms with van der Waals surface area (Å²) in [5.41, 5.74) is 0.187. The first-order valence-electron chi connectivity index (χ1n) is 5.97. The van der Waals surface area contributed by atoms with Crippen molar-refractivity contribution < 1.29 is 17.9 Å². The molecule has 0 aliphatic rings. The molecule has 0 heterocycles. The molecule has 0 saturated heterocycles. The van der Waals surface area contributed by atoms with E-state index >= 15 is 0 Å². The minimum absolute atomic E-state index is 0.150. The second-order valence-electron chi connectivity index (χ2n) is 4.06. The van der Waals surface area contributed by atoms with Crippen molar-refractivity contribution in [1.82, 2.24) is 4.31 Å². The maximum atomic E-state index is 13.3. The Morgan fingerprint density at radius 1 is 1.47 bits per heavy atom. The van der Waals surface area contributed by atoms with Gasteiger partial charge in [0.15, 0.2) is 0 Å². The fourth-order valence-electron chi connectivity index (χ4n) is 1.74. The summed E-state index contributed by atoms with van der Waals surface area (Å²) in [5, 5.41) is 9.19. The molecular weight excluding hydrogens is 269 g/mol. The van der Waals surface area contributed by atoms with Crippen LogP contribution in [0.3, 0.4) is 0 Å². The highest BCUT2D eigenvalue weighted by atomic mass is 32.2. The maximum absolute atomic E-state index is 13.3. The molecule has 1 rings (SSSR count). The highest BCUT2D eigenvalue weighted by molar-refractivity contribution is 7.89. The molecule has 4 nitrogen and oxygen atoms in total. The predicted octanol–water partition coefficient (Wildman–Crippen LogP) is 1.90. The van der Waals surface area contributed by atoms with Gasteiger partial charge in [-0.2, -0.15) is 4.31 Å². The molecule has 0 atom stereocenters. The highest BCUT2D eigenvalue weighted by Gasteiger charge is 2.25. The van der Waals surface area contributed by atoms with Crippen molar-refractivity contribution >= 4 is 10.0 Å². The van der Waals surface area contributed by atoms with E-state index in [1.54, 1.807) is 0 Å². The van der Waals surface area contributed by atoms with Gasteiger partial charge < -0.3 is 5.11 Å². The normalized spacial score (nSPS) is 11.8. The Morgan fingerprint density at radius 2 is 2.16 bits per heavy atom. The Balaban J connectivity index is 3.31. The Bertz CT molecular complexity index is 543. The smallest absolute Gasteiger partial charge is 0.243 e. The number of aliphatic hydroxyl groups is 1. The van der Waals surface area contributed by atoms with Crippen LogP contribution in [-0.2, 0) is 16.6 Å². The molecule has 0 unspecified atom stereocenters. The van der Waals surface area contributed by atoms with E-state index in [2.05, 4.69) is 6.58 Å². The third-order valence-electron chi connectivity index (χ3n) is 2.62. The van der Waals surface area contributed by atoms with E-state index in [-0.39, 0.29) is 17.0 Å². The Morgan fingerprint density at radius 3 is 2.68 bits per heavy atom. The molecule has 0 saturated carbocycles. The van der Waals surface area contributed by atoms with E-state index in [1.807, 2.05) is 6.92 Å². The van der Waals surface area contributed by atoms with Crippen LogP contribution in [0.5, 0.6) is 0 Å². The average molecular weight is 287 g/mol. The van der Waals surface area contributed by atoms with Gasteiger partial charge in [-0.05, 0) is 24.1 Å². The lowest BCUT2D eigenvalue weighted by atomic mass is 10.2. The lowest BCUT2D eigenvalue weighted by Crippen LogP contribution is -2.32. The van der Waals surface area contributed by atoms with Crippen LogP contribution in [-0.4, -0.2) is 30.9 Å². The molecule has 0 spiro atoms. The number of rotatable bonds is 7. The third-order valence-corrected chi connectivity index (χ3v) is 4.57. The van der Waals surface area contributed by atoms with Crippen molar-refractivity contribution in [2.45, 2.75) is 24.8 Å². The van der Waals surface area contributed by atoms with E-state index in [0.29, 0.717) is 13.0 Å². The molecule has 1 N–H and O–H groups in total. The number of hydrogen-bond donors (Lipinski definition) is 1. The third kappa shape index (κ3) is 3.62. The topological polar surface area (TPSA) is 57.6 Å². The van der Waals surface area contributed by atoms with Gasteiger partial charge in [-0.15, -0.1) is 6.58 Å². The van der Waals surface area contributed by atoms with Crippen LogP contribution < -0.4 is 0 Å². The molecular formula is C13H18FNO3S. The van der Waals surface area contributed by atoms with Crippen molar-refractivity contribution in [2.24, 2.45) is 0 Å². The summed E-state index contributed by atoms with van der Waals surface area (Å²) in [6.45, 7) is 5.38. The minimum atomic E-state index is -3.83. The SMILES string of the molecule is C=CCN(CCC)S(=O)(=O)c1cc(F)ccc1CO. The van der Waals surface area contributed by atoms with Gasteiger partial charge in [0.2, 0.25) is 10.0 Å². The largest absolute Gasteiger partial charge is 0.392 e. The molecule has 0 aromatic heterocycles. The first kappa shape index (κ1) is 15.8. The summed E-state index contributed by atoms with van der Waals surface area (Å²) in [4.78, 5) is -0.190. The van der Waals surface area contributed by atoms with Crippen molar-refractivity contribution in [3.8, 4) is 0 Å². The molecule has 1 aromatic carbocycles. The number of benzene rings is 1. The van der Waals surface area contributed by atoms with Gasteiger partial charge in [0.25, 0.3) is 0 Å². The van der Waals surface area contributed by atoms with Gasteiger partial charge in [0, 0.05) is 13.1 Å². The van der Waals surface area contributed by atoms with E-state index < -0.39 is 22.4 Å². The Labute approximate surface area is 113 Å². The van der Waals surface area contributed by atoms with Gasteiger partial charge in [-0.1, -0.05) is 19.1 Å². The number of aliphatic hydroxyl groups excluding tert-OH is 1. The van der Waals surface area contributed by atoms with Crippen LogP contribution >= 0.6 is 0 Å². The lowest BCUT2D eigenvalue weighted by molar-refractivity contribution is 0.277. The second kappa shape index (κ2) is 6.79. The lowest BCUT2D eigenvalue weighted by Gasteiger charge is -2.21. The van der Waals surface area contributed by atoms with Gasteiger partial charge >= 0.3 is 0 Å². The zero-order chi connectivity index (χ0) is 14.5. The predicted molar refractivity (Wildman–Crippen MR) is 71.6 cm³/mol. The van der Waals surface area contributed by atoms with Crippen molar-refractivity contribution in [3.05, 3.63) is 42.2 Å². The van der Waals surface area contributed by atoms with Crippen LogP contribution in [0.4, 0.5) is 4.39 Å². The first-order chi connectivity index (χ1) is 8.97. The standard InChI is InChI=1S/C13H18FNO3S/c1-3-7-15(8-4-2)19(17,18)13-9-12(14)6-5-11(13)10-16/h3,5-6,9,16H,1,4,7-8,10H2,2H3. The Hall–Kier alpha value is -1.24. The molecule has 0 amide bonds. The zero-order valence-electron chi connectivity index (χ0n) is 10.8. The fraction of sp³-hybridized carbons (Fsp3) is 0.385. The number of sulfonamides is 1. The summed E-state index contributed by atoms with van der Waals surface area (Å²) in [7, 11) is -3.83. The summed E-state index contributed by atoms with van der Waals surface area (Å²) in [6.07, 6.45) is 2.11. The van der Waals surface area contributed by atoms with Gasteiger partial charge in [-0.3, -0.25) is 0 Å². The van der Waals surface area contributed by atoms with E-state index in [4.69, 9.17) is 0 Å². The van der Waals surface area contributed by atoms with Gasteiger partial charge in [0.05, 0.1) is 11.5 Å². The number of nitrogens with zero attached hydrogens (tertiary/aromatic N) is 1. The monoisotopic (exact) mass is 287 g/mol. The van der Waals surface area contributed by atoms with Crippen molar-refractivity contribution in [3.63, 3.8) is 0 Å². The molecule has 0 fully saturated rings. The van der Waals surface area contributed by atoms with Crippen LogP contribution in [0.1, 0.15) is 18.9 Å². The molecule has 0 aliphatic carbocycles. The summed E-state index contributed by atoms with van der Waals surface area (Å²) in [6, 6.07) is 3.34. The molecule has 1 aromatic rings. The van der Waals surface area contributed by atoms with Crippen LogP contribution in [0, 0.1) is 5.82 Å². The Kier molecular flexibility index (Phi) is 5.65. The quantitative estimate of drug-likeness (QED) is 0.779. The van der Waals surface area contributed by atoms with Crippen LogP contribution in [0.2, 0.25) is 0 Å². The van der Waals surface area contributed by atoms with Crippen LogP contribution in [0.25, 0.3) is 0 Å². The summed E-state index contributed by atoms with van der Waals surface area (Å²) < 4.78 is 39.4. The van der Waals surface area contributed by atoms with Gasteiger partial charge in [-0.25, -0.2) is 12.8 Å². The molecule has 19 heavy (non-hydrogen) atoms. The molecule has 0 aliphatic heterocycles. The maximum Gasteiger partial charge on any atom is 0.243 e. The second-order valence-corrected chi connectivity index (χ2v) is 5.97. The van der Waals surface area contributed by atoms with Gasteiger partial charge in [0.1, 0.15) is 5.82 Å².